The van der Waals surface area contributed by atoms with E-state index < -0.39 is 0 Å². The number of nitrogens with zero attached hydrogens (tertiary/aromatic N) is 1. The van der Waals surface area contributed by atoms with E-state index in [2.05, 4.69) is 21.4 Å². The molecular weight excluding hydrogens is 350 g/mol. The summed E-state index contributed by atoms with van der Waals surface area (Å²) in [6.45, 7) is 2.78. The summed E-state index contributed by atoms with van der Waals surface area (Å²) >= 11 is 0. The van der Waals surface area contributed by atoms with Gasteiger partial charge in [-0.25, -0.2) is 4.98 Å². The molecule has 2 N–H and O–H groups in total. The summed E-state index contributed by atoms with van der Waals surface area (Å²) in [6, 6.07) is 23.2. The number of aryl methyl sites for hydroxylation is 1. The Balaban J connectivity index is 1.43. The number of aromatic nitrogens is 2. The number of para-hydroxylation sites is 3. The van der Waals surface area contributed by atoms with Gasteiger partial charge in [0.1, 0.15) is 18.2 Å². The Morgan fingerprint density at radius 1 is 1.04 bits per heavy atom. The first-order valence-corrected chi connectivity index (χ1v) is 9.18. The summed E-state index contributed by atoms with van der Waals surface area (Å²) in [7, 11) is 0. The van der Waals surface area contributed by atoms with Crippen molar-refractivity contribution in [2.75, 3.05) is 0 Å². The van der Waals surface area contributed by atoms with Crippen molar-refractivity contribution in [2.24, 2.45) is 0 Å². The van der Waals surface area contributed by atoms with Crippen molar-refractivity contribution in [1.82, 2.24) is 15.3 Å². The topological polar surface area (TPSA) is 67.0 Å². The zero-order chi connectivity index (χ0) is 19.3. The number of hydrogen-bond acceptors (Lipinski definition) is 3. The van der Waals surface area contributed by atoms with Gasteiger partial charge in [-0.15, -0.1) is 0 Å². The minimum Gasteiger partial charge on any atom is -0.488 e. The molecule has 28 heavy (non-hydrogen) atoms. The summed E-state index contributed by atoms with van der Waals surface area (Å²) in [5.74, 6) is 1.08. The molecule has 0 fully saturated rings. The highest BCUT2D eigenvalue weighted by Gasteiger charge is 2.13. The van der Waals surface area contributed by atoms with Crippen LogP contribution in [0, 0.1) is 6.92 Å². The molecule has 0 saturated carbocycles. The Morgan fingerprint density at radius 2 is 1.86 bits per heavy atom. The summed E-state index contributed by atoms with van der Waals surface area (Å²) in [5, 5.41) is 2.91. The number of amides is 1. The largest absolute Gasteiger partial charge is 0.488 e. The molecule has 0 unspecified atom stereocenters. The van der Waals surface area contributed by atoms with Gasteiger partial charge in [-0.1, -0.05) is 54.1 Å². The third-order valence-corrected chi connectivity index (χ3v) is 4.46. The van der Waals surface area contributed by atoms with Gasteiger partial charge >= 0.3 is 0 Å². The standard InChI is InChI=1S/C23H21N3O2/c1-16-7-6-8-17(13-16)15-28-21-12-5-2-9-18(21)23(27)24-14-22-25-19-10-3-4-11-20(19)26-22/h2-13H,14-15H2,1H3,(H,24,27)(H,25,26). The number of benzene rings is 3. The molecule has 0 aliphatic carbocycles. The summed E-state index contributed by atoms with van der Waals surface area (Å²) < 4.78 is 5.92. The predicted molar refractivity (Wildman–Crippen MR) is 109 cm³/mol. The number of rotatable bonds is 6. The third kappa shape index (κ3) is 4.04. The lowest BCUT2D eigenvalue weighted by atomic mass is 10.1. The number of hydrogen-bond donors (Lipinski definition) is 2. The van der Waals surface area contributed by atoms with E-state index in [0.29, 0.717) is 30.3 Å². The Labute approximate surface area is 163 Å². The molecule has 1 amide bonds. The van der Waals surface area contributed by atoms with E-state index in [0.717, 1.165) is 16.6 Å². The number of nitrogens with one attached hydrogen (secondary N) is 2. The second-order valence-electron chi connectivity index (χ2n) is 6.66. The van der Waals surface area contributed by atoms with Gasteiger partial charge in [0.05, 0.1) is 23.1 Å². The molecule has 1 aromatic heterocycles. The van der Waals surface area contributed by atoms with Crippen molar-refractivity contribution in [3.05, 3.63) is 95.3 Å². The normalized spacial score (nSPS) is 10.8. The van der Waals surface area contributed by atoms with Gasteiger partial charge in [-0.2, -0.15) is 0 Å². The van der Waals surface area contributed by atoms with Crippen molar-refractivity contribution in [2.45, 2.75) is 20.1 Å². The summed E-state index contributed by atoms with van der Waals surface area (Å²) in [6.07, 6.45) is 0. The van der Waals surface area contributed by atoms with Gasteiger partial charge in [-0.05, 0) is 36.8 Å². The first-order chi connectivity index (χ1) is 13.7. The summed E-state index contributed by atoms with van der Waals surface area (Å²) in [5.41, 5.74) is 4.59. The average Bonchev–Trinajstić information content (AvgIpc) is 3.14. The summed E-state index contributed by atoms with van der Waals surface area (Å²) in [4.78, 5) is 20.4. The lowest BCUT2D eigenvalue weighted by Gasteiger charge is -2.11. The molecule has 0 atom stereocenters. The van der Waals surface area contributed by atoms with E-state index in [1.54, 1.807) is 6.07 Å². The molecule has 0 spiro atoms. The molecule has 140 valence electrons. The SMILES string of the molecule is Cc1cccc(COc2ccccc2C(=O)NCc2nc3ccccc3[nH]2)c1. The van der Waals surface area contributed by atoms with Crippen LogP contribution in [0.25, 0.3) is 11.0 Å². The van der Waals surface area contributed by atoms with E-state index in [-0.39, 0.29) is 5.91 Å². The molecular formula is C23H21N3O2. The second-order valence-corrected chi connectivity index (χ2v) is 6.66. The Hall–Kier alpha value is -3.60. The van der Waals surface area contributed by atoms with Gasteiger partial charge < -0.3 is 15.0 Å². The average molecular weight is 371 g/mol. The Bertz CT molecular complexity index is 1080. The van der Waals surface area contributed by atoms with Crippen LogP contribution in [0.5, 0.6) is 5.75 Å². The fraction of sp³-hybridized carbons (Fsp3) is 0.130. The number of ether oxygens (including phenoxy) is 1. The van der Waals surface area contributed by atoms with Gasteiger partial charge in [0.15, 0.2) is 0 Å². The molecule has 0 aliphatic rings. The quantitative estimate of drug-likeness (QED) is 0.528. The zero-order valence-corrected chi connectivity index (χ0v) is 15.6. The molecule has 0 saturated heterocycles. The second kappa shape index (κ2) is 7.96. The molecule has 4 rings (SSSR count). The van der Waals surface area contributed by atoms with Gasteiger partial charge in [0.2, 0.25) is 0 Å². The molecule has 0 aliphatic heterocycles. The van der Waals surface area contributed by atoms with Crippen LogP contribution in [-0.4, -0.2) is 15.9 Å². The fourth-order valence-electron chi connectivity index (χ4n) is 3.09. The number of aromatic amines is 1. The van der Waals surface area contributed by atoms with Crippen LogP contribution >= 0.6 is 0 Å². The monoisotopic (exact) mass is 371 g/mol. The molecule has 3 aromatic carbocycles. The lowest BCUT2D eigenvalue weighted by molar-refractivity contribution is 0.0945. The zero-order valence-electron chi connectivity index (χ0n) is 15.6. The van der Waals surface area contributed by atoms with E-state index in [1.165, 1.54) is 5.56 Å². The number of carbonyl (C=O) groups is 1. The predicted octanol–water partition coefficient (Wildman–Crippen LogP) is 4.38. The van der Waals surface area contributed by atoms with Crippen LogP contribution in [0.3, 0.4) is 0 Å². The van der Waals surface area contributed by atoms with Crippen molar-refractivity contribution in [3.63, 3.8) is 0 Å². The number of imidazole rings is 1. The number of H-pyrrole nitrogens is 1. The first-order valence-electron chi connectivity index (χ1n) is 9.18. The highest BCUT2D eigenvalue weighted by Crippen LogP contribution is 2.20. The smallest absolute Gasteiger partial charge is 0.255 e. The highest BCUT2D eigenvalue weighted by molar-refractivity contribution is 5.96. The third-order valence-electron chi connectivity index (χ3n) is 4.46. The molecule has 4 aromatic rings. The van der Waals surface area contributed by atoms with Gasteiger partial charge in [0, 0.05) is 0 Å². The number of fused-ring (bicyclic) bond motifs is 1. The van der Waals surface area contributed by atoms with E-state index in [9.17, 15) is 4.79 Å². The van der Waals surface area contributed by atoms with Gasteiger partial charge in [0.25, 0.3) is 5.91 Å². The minimum atomic E-state index is -0.194. The van der Waals surface area contributed by atoms with E-state index in [4.69, 9.17) is 4.74 Å². The van der Waals surface area contributed by atoms with Crippen molar-refractivity contribution < 1.29 is 9.53 Å². The molecule has 5 nitrogen and oxygen atoms in total. The Kier molecular flexibility index (Phi) is 5.06. The van der Waals surface area contributed by atoms with Crippen molar-refractivity contribution >= 4 is 16.9 Å². The highest BCUT2D eigenvalue weighted by atomic mass is 16.5. The van der Waals surface area contributed by atoms with Crippen LogP contribution in [0.4, 0.5) is 0 Å². The fourth-order valence-corrected chi connectivity index (χ4v) is 3.09. The Morgan fingerprint density at radius 3 is 2.71 bits per heavy atom. The molecule has 0 bridgehead atoms. The van der Waals surface area contributed by atoms with Crippen LogP contribution in [0.1, 0.15) is 27.3 Å². The van der Waals surface area contributed by atoms with Gasteiger partial charge in [-0.3, -0.25) is 4.79 Å². The van der Waals surface area contributed by atoms with Crippen molar-refractivity contribution in [3.8, 4) is 5.75 Å². The number of carbonyl (C=O) groups excluding carboxylic acids is 1. The maximum Gasteiger partial charge on any atom is 0.255 e. The van der Waals surface area contributed by atoms with Crippen LogP contribution < -0.4 is 10.1 Å². The van der Waals surface area contributed by atoms with E-state index in [1.807, 2.05) is 67.6 Å². The van der Waals surface area contributed by atoms with E-state index >= 15 is 0 Å². The molecule has 5 heteroatoms. The maximum absolute atomic E-state index is 12.7. The lowest BCUT2D eigenvalue weighted by Crippen LogP contribution is -2.24. The van der Waals surface area contributed by atoms with Crippen LogP contribution in [-0.2, 0) is 13.2 Å². The van der Waals surface area contributed by atoms with Crippen LogP contribution in [0.15, 0.2) is 72.8 Å². The minimum absolute atomic E-state index is 0.194. The molecule has 0 radical (unpaired) electrons. The van der Waals surface area contributed by atoms with Crippen LogP contribution in [0.2, 0.25) is 0 Å². The maximum atomic E-state index is 12.7. The van der Waals surface area contributed by atoms with Crippen molar-refractivity contribution in [1.29, 1.82) is 0 Å². The first kappa shape index (κ1) is 17.8. The molecule has 1 heterocycles.